The molecule has 0 saturated carbocycles. The molecule has 0 aliphatic heterocycles. The third kappa shape index (κ3) is 3.45. The van der Waals surface area contributed by atoms with Crippen molar-refractivity contribution in [1.29, 1.82) is 0 Å². The van der Waals surface area contributed by atoms with E-state index < -0.39 is 0 Å². The topological polar surface area (TPSA) is 53.5 Å². The summed E-state index contributed by atoms with van der Waals surface area (Å²) in [5.41, 5.74) is 2.95. The third-order valence-electron chi connectivity index (χ3n) is 1.40. The summed E-state index contributed by atoms with van der Waals surface area (Å²) in [6.45, 7) is 1.71. The molecule has 1 rings (SSSR count). The SMILES string of the molecule is C/C=N/NC(=O)Nc1ccc(Cl)cc1. The quantitative estimate of drug-likeness (QED) is 0.573. The molecule has 4 nitrogen and oxygen atoms in total. The molecule has 5 heteroatoms. The van der Waals surface area contributed by atoms with Crippen LogP contribution in [-0.4, -0.2) is 12.2 Å². The van der Waals surface area contributed by atoms with E-state index >= 15 is 0 Å². The minimum atomic E-state index is -0.384. The van der Waals surface area contributed by atoms with Crippen LogP contribution in [0.1, 0.15) is 6.92 Å². The number of rotatable bonds is 2. The zero-order chi connectivity index (χ0) is 10.4. The number of anilines is 1. The Morgan fingerprint density at radius 1 is 1.43 bits per heavy atom. The molecule has 0 aliphatic rings. The van der Waals surface area contributed by atoms with Crippen molar-refractivity contribution in [3.05, 3.63) is 29.3 Å². The number of halogens is 1. The fraction of sp³-hybridized carbons (Fsp3) is 0.111. The third-order valence-corrected chi connectivity index (χ3v) is 1.65. The summed E-state index contributed by atoms with van der Waals surface area (Å²) >= 11 is 5.68. The van der Waals surface area contributed by atoms with Crippen LogP contribution in [0.5, 0.6) is 0 Å². The zero-order valence-electron chi connectivity index (χ0n) is 7.62. The molecule has 0 bridgehead atoms. The molecule has 0 aliphatic carbocycles. The van der Waals surface area contributed by atoms with Crippen molar-refractivity contribution >= 4 is 29.5 Å². The number of urea groups is 1. The Morgan fingerprint density at radius 3 is 2.64 bits per heavy atom. The predicted molar refractivity (Wildman–Crippen MR) is 57.8 cm³/mol. The number of carbonyl (C=O) groups is 1. The molecular weight excluding hydrogens is 202 g/mol. The average Bonchev–Trinajstić information content (AvgIpc) is 2.18. The molecule has 14 heavy (non-hydrogen) atoms. The lowest BCUT2D eigenvalue weighted by molar-refractivity contribution is 0.252. The lowest BCUT2D eigenvalue weighted by atomic mass is 10.3. The van der Waals surface area contributed by atoms with Gasteiger partial charge in [-0.15, -0.1) is 0 Å². The zero-order valence-corrected chi connectivity index (χ0v) is 8.38. The second kappa shape index (κ2) is 5.24. The van der Waals surface area contributed by atoms with Gasteiger partial charge in [-0.05, 0) is 31.2 Å². The van der Waals surface area contributed by atoms with E-state index in [2.05, 4.69) is 15.8 Å². The summed E-state index contributed by atoms with van der Waals surface area (Å²) in [5.74, 6) is 0. The number of benzene rings is 1. The van der Waals surface area contributed by atoms with E-state index in [1.807, 2.05) is 0 Å². The van der Waals surface area contributed by atoms with E-state index in [4.69, 9.17) is 11.6 Å². The van der Waals surface area contributed by atoms with Crippen molar-refractivity contribution in [2.24, 2.45) is 5.10 Å². The van der Waals surface area contributed by atoms with Gasteiger partial charge >= 0.3 is 6.03 Å². The Kier molecular flexibility index (Phi) is 3.94. The first-order valence-corrected chi connectivity index (χ1v) is 4.40. The number of hydrogen-bond acceptors (Lipinski definition) is 2. The van der Waals surface area contributed by atoms with Gasteiger partial charge in [-0.2, -0.15) is 5.10 Å². The Hall–Kier alpha value is -1.55. The summed E-state index contributed by atoms with van der Waals surface area (Å²) in [4.78, 5) is 11.1. The molecule has 0 radical (unpaired) electrons. The van der Waals surface area contributed by atoms with E-state index in [0.29, 0.717) is 10.7 Å². The maximum Gasteiger partial charge on any atom is 0.339 e. The second-order valence-electron chi connectivity index (χ2n) is 2.46. The van der Waals surface area contributed by atoms with E-state index in [0.717, 1.165) is 0 Å². The second-order valence-corrected chi connectivity index (χ2v) is 2.90. The molecule has 0 heterocycles. The minimum absolute atomic E-state index is 0.384. The molecule has 0 atom stereocenters. The first kappa shape index (κ1) is 10.5. The molecule has 0 aromatic heterocycles. The molecule has 1 aromatic rings. The summed E-state index contributed by atoms with van der Waals surface area (Å²) < 4.78 is 0. The molecule has 74 valence electrons. The van der Waals surface area contributed by atoms with Crippen LogP contribution in [0.2, 0.25) is 5.02 Å². The first-order valence-electron chi connectivity index (χ1n) is 4.02. The van der Waals surface area contributed by atoms with Gasteiger partial charge in [0.1, 0.15) is 0 Å². The van der Waals surface area contributed by atoms with Gasteiger partial charge in [0.15, 0.2) is 0 Å². The van der Waals surface area contributed by atoms with Crippen molar-refractivity contribution in [2.75, 3.05) is 5.32 Å². The fourth-order valence-electron chi connectivity index (χ4n) is 0.815. The van der Waals surface area contributed by atoms with E-state index in [1.165, 1.54) is 6.21 Å². The van der Waals surface area contributed by atoms with E-state index in [1.54, 1.807) is 31.2 Å². The van der Waals surface area contributed by atoms with Crippen LogP contribution in [0, 0.1) is 0 Å². The van der Waals surface area contributed by atoms with Crippen LogP contribution >= 0.6 is 11.6 Å². The lowest BCUT2D eigenvalue weighted by Gasteiger charge is -2.03. The Bertz CT molecular complexity index is 334. The Labute approximate surface area is 87.0 Å². The molecule has 0 spiro atoms. The van der Waals surface area contributed by atoms with Crippen molar-refractivity contribution < 1.29 is 4.79 Å². The summed E-state index contributed by atoms with van der Waals surface area (Å²) in [6.07, 6.45) is 1.49. The Balaban J connectivity index is 2.52. The van der Waals surface area contributed by atoms with Crippen molar-refractivity contribution in [3.63, 3.8) is 0 Å². The molecule has 0 unspecified atom stereocenters. The minimum Gasteiger partial charge on any atom is -0.307 e. The average molecular weight is 212 g/mol. The number of amides is 2. The standard InChI is InChI=1S/C9H10ClN3O/c1-2-11-13-9(14)12-8-5-3-7(10)4-6-8/h2-6H,1H3,(H2,12,13,14)/b11-2+. The molecule has 1 aromatic carbocycles. The highest BCUT2D eigenvalue weighted by Crippen LogP contribution is 2.12. The highest BCUT2D eigenvalue weighted by molar-refractivity contribution is 6.30. The molecule has 2 N–H and O–H groups in total. The first-order chi connectivity index (χ1) is 6.72. The van der Waals surface area contributed by atoms with Gasteiger partial charge in [-0.3, -0.25) is 0 Å². The van der Waals surface area contributed by atoms with Crippen LogP contribution in [0.15, 0.2) is 29.4 Å². The van der Waals surface area contributed by atoms with Gasteiger partial charge in [0, 0.05) is 16.9 Å². The highest BCUT2D eigenvalue weighted by Gasteiger charge is 1.98. The Morgan fingerprint density at radius 2 is 2.07 bits per heavy atom. The van der Waals surface area contributed by atoms with Gasteiger partial charge in [-0.25, -0.2) is 10.2 Å². The van der Waals surface area contributed by atoms with Crippen LogP contribution in [0.3, 0.4) is 0 Å². The predicted octanol–water partition coefficient (Wildman–Crippen LogP) is 2.47. The number of hydrazone groups is 1. The number of nitrogens with one attached hydrogen (secondary N) is 2. The van der Waals surface area contributed by atoms with Crippen molar-refractivity contribution in [1.82, 2.24) is 5.43 Å². The van der Waals surface area contributed by atoms with Gasteiger partial charge in [0.05, 0.1) is 0 Å². The normalized spacial score (nSPS) is 10.1. The molecule has 2 amide bonds. The van der Waals surface area contributed by atoms with Crippen LogP contribution in [0.4, 0.5) is 10.5 Å². The maximum atomic E-state index is 11.1. The largest absolute Gasteiger partial charge is 0.339 e. The maximum absolute atomic E-state index is 11.1. The van der Waals surface area contributed by atoms with E-state index in [9.17, 15) is 4.79 Å². The van der Waals surface area contributed by atoms with Crippen molar-refractivity contribution in [3.8, 4) is 0 Å². The summed E-state index contributed by atoms with van der Waals surface area (Å²) in [7, 11) is 0. The van der Waals surface area contributed by atoms with Gasteiger partial charge in [-0.1, -0.05) is 11.6 Å². The summed E-state index contributed by atoms with van der Waals surface area (Å²) in [5, 5.41) is 6.78. The van der Waals surface area contributed by atoms with Gasteiger partial charge < -0.3 is 5.32 Å². The monoisotopic (exact) mass is 211 g/mol. The van der Waals surface area contributed by atoms with Crippen LogP contribution < -0.4 is 10.7 Å². The van der Waals surface area contributed by atoms with Crippen LogP contribution in [0.25, 0.3) is 0 Å². The number of carbonyl (C=O) groups excluding carboxylic acids is 1. The lowest BCUT2D eigenvalue weighted by Crippen LogP contribution is -2.23. The van der Waals surface area contributed by atoms with Crippen molar-refractivity contribution in [2.45, 2.75) is 6.92 Å². The number of hydrogen-bond donors (Lipinski definition) is 2. The fourth-order valence-corrected chi connectivity index (χ4v) is 0.941. The molecular formula is C9H10ClN3O. The molecule has 0 fully saturated rings. The number of nitrogens with zero attached hydrogens (tertiary/aromatic N) is 1. The van der Waals surface area contributed by atoms with Crippen LogP contribution in [-0.2, 0) is 0 Å². The van der Waals surface area contributed by atoms with Gasteiger partial charge in [0.2, 0.25) is 0 Å². The highest BCUT2D eigenvalue weighted by atomic mass is 35.5. The smallest absolute Gasteiger partial charge is 0.307 e. The summed E-state index contributed by atoms with van der Waals surface area (Å²) in [6, 6.07) is 6.42. The molecule has 0 saturated heterocycles. The van der Waals surface area contributed by atoms with Gasteiger partial charge in [0.25, 0.3) is 0 Å². The van der Waals surface area contributed by atoms with E-state index in [-0.39, 0.29) is 6.03 Å².